The van der Waals surface area contributed by atoms with Gasteiger partial charge in [0.25, 0.3) is 0 Å². The molecule has 1 aromatic heterocycles. The molecule has 0 aliphatic heterocycles. The van der Waals surface area contributed by atoms with Crippen LogP contribution in [0, 0.1) is 0 Å². The average molecular weight is 256 g/mol. The van der Waals surface area contributed by atoms with Crippen LogP contribution in [-0.2, 0) is 32.7 Å². The van der Waals surface area contributed by atoms with E-state index >= 15 is 0 Å². The molecule has 0 atom stereocenters. The minimum absolute atomic E-state index is 0.0117. The average Bonchev–Trinajstić information content (AvgIpc) is 2.74. The Bertz CT molecular complexity index is 400. The Morgan fingerprint density at radius 1 is 1.28 bits per heavy atom. The van der Waals surface area contributed by atoms with Crippen molar-refractivity contribution >= 4 is 11.9 Å². The van der Waals surface area contributed by atoms with E-state index in [0.717, 1.165) is 0 Å². The van der Waals surface area contributed by atoms with E-state index in [0.29, 0.717) is 12.2 Å². The summed E-state index contributed by atoms with van der Waals surface area (Å²) in [6.07, 6.45) is 1.71. The number of hydrogen-bond donors (Lipinski definition) is 0. The molecule has 0 aliphatic carbocycles. The fraction of sp³-hybridized carbons (Fsp3) is 0.600. The van der Waals surface area contributed by atoms with Crippen molar-refractivity contribution in [2.24, 2.45) is 7.05 Å². The Labute approximate surface area is 104 Å². The highest BCUT2D eigenvalue weighted by Gasteiger charge is 2.17. The fourth-order valence-corrected chi connectivity index (χ4v) is 1.36. The van der Waals surface area contributed by atoms with Gasteiger partial charge in [-0.05, 0) is 0 Å². The fourth-order valence-electron chi connectivity index (χ4n) is 1.36. The standard InChI is InChI=1S/C10H16N4O4/c1-13-4-8(11-12-13)5-14(6-9(15)17-2)7-10(16)18-3/h4H,5-7H2,1-3H3. The molecule has 0 aromatic carbocycles. The van der Waals surface area contributed by atoms with Crippen LogP contribution in [0.2, 0.25) is 0 Å². The lowest BCUT2D eigenvalue weighted by atomic mass is 10.4. The summed E-state index contributed by atoms with van der Waals surface area (Å²) in [5, 5.41) is 7.66. The summed E-state index contributed by atoms with van der Waals surface area (Å²) >= 11 is 0. The summed E-state index contributed by atoms with van der Waals surface area (Å²) in [5.74, 6) is -0.856. The van der Waals surface area contributed by atoms with Gasteiger partial charge in [-0.15, -0.1) is 5.10 Å². The van der Waals surface area contributed by atoms with Crippen LogP contribution in [0.25, 0.3) is 0 Å². The summed E-state index contributed by atoms with van der Waals surface area (Å²) < 4.78 is 10.7. The van der Waals surface area contributed by atoms with Crippen molar-refractivity contribution in [3.63, 3.8) is 0 Å². The van der Waals surface area contributed by atoms with Crippen molar-refractivity contribution in [2.75, 3.05) is 27.3 Å². The number of esters is 2. The van der Waals surface area contributed by atoms with Crippen LogP contribution in [0.4, 0.5) is 0 Å². The van der Waals surface area contributed by atoms with Crippen molar-refractivity contribution in [2.45, 2.75) is 6.54 Å². The van der Waals surface area contributed by atoms with Crippen molar-refractivity contribution in [1.29, 1.82) is 0 Å². The first-order valence-electron chi connectivity index (χ1n) is 5.26. The second-order valence-electron chi connectivity index (χ2n) is 3.68. The number of aromatic nitrogens is 3. The molecule has 0 amide bonds. The summed E-state index contributed by atoms with van der Waals surface area (Å²) in [5.41, 5.74) is 0.658. The highest BCUT2D eigenvalue weighted by Crippen LogP contribution is 2.01. The van der Waals surface area contributed by atoms with E-state index in [-0.39, 0.29) is 13.1 Å². The van der Waals surface area contributed by atoms with E-state index in [9.17, 15) is 9.59 Å². The van der Waals surface area contributed by atoms with Gasteiger partial charge in [-0.2, -0.15) is 0 Å². The molecule has 8 heteroatoms. The third-order valence-electron chi connectivity index (χ3n) is 2.20. The number of rotatable bonds is 6. The quantitative estimate of drug-likeness (QED) is 0.601. The molecule has 0 aliphatic rings. The van der Waals surface area contributed by atoms with Gasteiger partial charge in [0.15, 0.2) is 0 Å². The number of carbonyl (C=O) groups is 2. The van der Waals surface area contributed by atoms with Gasteiger partial charge in [-0.3, -0.25) is 19.2 Å². The second kappa shape index (κ2) is 6.70. The molecule has 0 bridgehead atoms. The van der Waals surface area contributed by atoms with Crippen LogP contribution in [0.3, 0.4) is 0 Å². The minimum atomic E-state index is -0.428. The maximum Gasteiger partial charge on any atom is 0.319 e. The number of ether oxygens (including phenoxy) is 2. The molecule has 0 saturated carbocycles. The zero-order valence-corrected chi connectivity index (χ0v) is 10.6. The SMILES string of the molecule is COC(=O)CN(CC(=O)OC)Cc1cn(C)nn1. The largest absolute Gasteiger partial charge is 0.468 e. The number of hydrogen-bond acceptors (Lipinski definition) is 7. The molecule has 0 saturated heterocycles. The number of carbonyl (C=O) groups excluding carboxylic acids is 2. The van der Waals surface area contributed by atoms with Gasteiger partial charge < -0.3 is 9.47 Å². The van der Waals surface area contributed by atoms with Gasteiger partial charge in [-0.25, -0.2) is 0 Å². The molecule has 1 aromatic rings. The van der Waals surface area contributed by atoms with Crippen LogP contribution < -0.4 is 0 Å². The molecule has 8 nitrogen and oxygen atoms in total. The molecule has 100 valence electrons. The first-order valence-corrected chi connectivity index (χ1v) is 5.26. The van der Waals surface area contributed by atoms with Crippen molar-refractivity contribution in [3.8, 4) is 0 Å². The van der Waals surface area contributed by atoms with Gasteiger partial charge in [0.2, 0.25) is 0 Å². The Hall–Kier alpha value is -1.96. The van der Waals surface area contributed by atoms with Gasteiger partial charge in [-0.1, -0.05) is 5.21 Å². The van der Waals surface area contributed by atoms with E-state index < -0.39 is 11.9 Å². The minimum Gasteiger partial charge on any atom is -0.468 e. The van der Waals surface area contributed by atoms with E-state index in [1.54, 1.807) is 22.8 Å². The van der Waals surface area contributed by atoms with E-state index in [4.69, 9.17) is 0 Å². The summed E-state index contributed by atoms with van der Waals surface area (Å²) in [6, 6.07) is 0. The van der Waals surface area contributed by atoms with Crippen molar-refractivity contribution in [1.82, 2.24) is 19.9 Å². The summed E-state index contributed by atoms with van der Waals surface area (Å²) in [7, 11) is 4.32. The van der Waals surface area contributed by atoms with Gasteiger partial charge in [0.1, 0.15) is 0 Å². The predicted octanol–water partition coefficient (Wildman–Crippen LogP) is -1.04. The third-order valence-corrected chi connectivity index (χ3v) is 2.20. The first-order chi connectivity index (χ1) is 8.55. The Morgan fingerprint density at radius 2 is 1.83 bits per heavy atom. The molecule has 1 rings (SSSR count). The van der Waals surface area contributed by atoms with Crippen LogP contribution in [0.5, 0.6) is 0 Å². The zero-order valence-electron chi connectivity index (χ0n) is 10.6. The highest BCUT2D eigenvalue weighted by molar-refractivity contribution is 5.74. The van der Waals surface area contributed by atoms with Crippen LogP contribution in [0.1, 0.15) is 5.69 Å². The van der Waals surface area contributed by atoms with Gasteiger partial charge in [0, 0.05) is 19.8 Å². The third kappa shape index (κ3) is 4.50. The monoisotopic (exact) mass is 256 g/mol. The molecule has 0 N–H and O–H groups in total. The molecule has 18 heavy (non-hydrogen) atoms. The molecule has 0 radical (unpaired) electrons. The van der Waals surface area contributed by atoms with E-state index in [2.05, 4.69) is 19.8 Å². The maximum absolute atomic E-state index is 11.2. The first kappa shape index (κ1) is 14.1. The van der Waals surface area contributed by atoms with Gasteiger partial charge in [0.05, 0.1) is 33.0 Å². The Balaban J connectivity index is 2.64. The number of aryl methyl sites for hydroxylation is 1. The lowest BCUT2D eigenvalue weighted by Gasteiger charge is -2.17. The second-order valence-corrected chi connectivity index (χ2v) is 3.68. The van der Waals surface area contributed by atoms with Crippen molar-refractivity contribution < 1.29 is 19.1 Å². The van der Waals surface area contributed by atoms with Gasteiger partial charge >= 0.3 is 11.9 Å². The van der Waals surface area contributed by atoms with E-state index in [1.165, 1.54) is 14.2 Å². The molecule has 0 spiro atoms. The van der Waals surface area contributed by atoms with Crippen LogP contribution >= 0.6 is 0 Å². The lowest BCUT2D eigenvalue weighted by molar-refractivity contribution is -0.145. The predicted molar refractivity (Wildman–Crippen MR) is 60.3 cm³/mol. The molecular weight excluding hydrogens is 240 g/mol. The maximum atomic E-state index is 11.2. The smallest absolute Gasteiger partial charge is 0.319 e. The van der Waals surface area contributed by atoms with Crippen LogP contribution in [0.15, 0.2) is 6.20 Å². The van der Waals surface area contributed by atoms with Crippen LogP contribution in [-0.4, -0.2) is 59.1 Å². The summed E-state index contributed by atoms with van der Waals surface area (Å²) in [4.78, 5) is 24.0. The van der Waals surface area contributed by atoms with E-state index in [1.807, 2.05) is 0 Å². The van der Waals surface area contributed by atoms with Crippen molar-refractivity contribution in [3.05, 3.63) is 11.9 Å². The Kier molecular flexibility index (Phi) is 5.25. The number of methoxy groups -OCH3 is 2. The zero-order chi connectivity index (χ0) is 13.5. The number of nitrogens with zero attached hydrogens (tertiary/aromatic N) is 4. The lowest BCUT2D eigenvalue weighted by Crippen LogP contribution is -2.35. The molecular formula is C10H16N4O4. The Morgan fingerprint density at radius 3 is 2.22 bits per heavy atom. The molecule has 1 heterocycles. The molecule has 0 unspecified atom stereocenters. The normalized spacial score (nSPS) is 10.4. The highest BCUT2D eigenvalue weighted by atomic mass is 16.5. The topological polar surface area (TPSA) is 86.5 Å². The summed E-state index contributed by atoms with van der Waals surface area (Å²) in [6.45, 7) is 0.294. The molecule has 0 fully saturated rings.